The van der Waals surface area contributed by atoms with Crippen molar-refractivity contribution in [3.05, 3.63) is 35.7 Å². The molecule has 3 unspecified atom stereocenters. The number of guanidine groups is 1. The van der Waals surface area contributed by atoms with Crippen molar-refractivity contribution < 1.29 is 9.26 Å². The molecule has 2 bridgehead atoms. The van der Waals surface area contributed by atoms with E-state index < -0.39 is 0 Å². The van der Waals surface area contributed by atoms with Crippen molar-refractivity contribution in [3.8, 4) is 11.5 Å². The van der Waals surface area contributed by atoms with Crippen LogP contribution in [0.4, 0.5) is 0 Å². The second-order valence-corrected chi connectivity index (χ2v) is 7.44. The molecule has 2 aliphatic heterocycles. The predicted octanol–water partition coefficient (Wildman–Crippen LogP) is 3.33. The molecular formula is C21H30IN5O2. The first-order valence-corrected chi connectivity index (χ1v) is 10.4. The first-order chi connectivity index (χ1) is 13.7. The second kappa shape index (κ2) is 10.4. The summed E-state index contributed by atoms with van der Waals surface area (Å²) < 4.78 is 11.2. The standard InChI is InChI=1S/C21H29N5O2.HI/c1-3-19-25-20(28-26-19)15-7-5-14(6-8-15)11-12-23-21(22-4-2)24-17-13-16-9-10-18(17)27-16;/h5-8,16-18H,3-4,9-13H2,1-2H3,(H2,22,23,24);1H. The Bertz CT molecular complexity index is 808. The predicted molar refractivity (Wildman–Crippen MR) is 124 cm³/mol. The van der Waals surface area contributed by atoms with Gasteiger partial charge in [-0.25, -0.2) is 0 Å². The number of hydrogen-bond acceptors (Lipinski definition) is 5. The molecule has 4 rings (SSSR count). The van der Waals surface area contributed by atoms with Gasteiger partial charge < -0.3 is 19.9 Å². The number of aliphatic imine (C=N–C) groups is 1. The van der Waals surface area contributed by atoms with Crippen molar-refractivity contribution in [1.82, 2.24) is 20.8 Å². The van der Waals surface area contributed by atoms with Crippen LogP contribution in [0.2, 0.25) is 0 Å². The van der Waals surface area contributed by atoms with E-state index in [0.29, 0.717) is 24.1 Å². The van der Waals surface area contributed by atoms with Crippen LogP contribution in [0, 0.1) is 0 Å². The molecule has 0 saturated carbocycles. The van der Waals surface area contributed by atoms with Crippen LogP contribution in [0.25, 0.3) is 11.5 Å². The maximum atomic E-state index is 5.93. The molecule has 2 aliphatic rings. The van der Waals surface area contributed by atoms with Gasteiger partial charge in [0.15, 0.2) is 11.8 Å². The van der Waals surface area contributed by atoms with Crippen LogP contribution in [0.5, 0.6) is 0 Å². The molecule has 0 radical (unpaired) electrons. The average Bonchev–Trinajstić information content (AvgIpc) is 3.45. The average molecular weight is 511 g/mol. The zero-order valence-electron chi connectivity index (χ0n) is 17.1. The summed E-state index contributed by atoms with van der Waals surface area (Å²) in [4.78, 5) is 9.12. The fourth-order valence-electron chi connectivity index (χ4n) is 3.91. The van der Waals surface area contributed by atoms with E-state index in [1.54, 1.807) is 0 Å². The molecule has 2 fully saturated rings. The number of hydrogen-bond donors (Lipinski definition) is 2. The molecule has 2 N–H and O–H groups in total. The molecule has 0 aliphatic carbocycles. The fourth-order valence-corrected chi connectivity index (χ4v) is 3.91. The van der Waals surface area contributed by atoms with Gasteiger partial charge in [-0.05, 0) is 50.3 Å². The molecule has 29 heavy (non-hydrogen) atoms. The van der Waals surface area contributed by atoms with Gasteiger partial charge in [-0.2, -0.15) is 4.98 Å². The van der Waals surface area contributed by atoms with E-state index in [-0.39, 0.29) is 24.0 Å². The lowest BCUT2D eigenvalue weighted by atomic mass is 9.96. The topological polar surface area (TPSA) is 84.6 Å². The quantitative estimate of drug-likeness (QED) is 0.337. The summed E-state index contributed by atoms with van der Waals surface area (Å²) in [5, 5.41) is 10.9. The highest BCUT2D eigenvalue weighted by Crippen LogP contribution is 2.34. The summed E-state index contributed by atoms with van der Waals surface area (Å²) >= 11 is 0. The zero-order valence-corrected chi connectivity index (χ0v) is 19.4. The molecule has 3 atom stereocenters. The van der Waals surface area contributed by atoms with Crippen molar-refractivity contribution in [2.45, 2.75) is 64.2 Å². The summed E-state index contributed by atoms with van der Waals surface area (Å²) in [6.07, 6.45) is 5.90. The van der Waals surface area contributed by atoms with E-state index >= 15 is 0 Å². The zero-order chi connectivity index (χ0) is 19.3. The highest BCUT2D eigenvalue weighted by atomic mass is 127. The minimum Gasteiger partial charge on any atom is -0.373 e. The minimum absolute atomic E-state index is 0. The summed E-state index contributed by atoms with van der Waals surface area (Å²) in [6.45, 7) is 5.69. The van der Waals surface area contributed by atoms with Gasteiger partial charge in [0, 0.05) is 25.1 Å². The molecular weight excluding hydrogens is 481 g/mol. The highest BCUT2D eigenvalue weighted by Gasteiger charge is 2.41. The van der Waals surface area contributed by atoms with Crippen molar-refractivity contribution in [2.75, 3.05) is 13.1 Å². The molecule has 2 saturated heterocycles. The second-order valence-electron chi connectivity index (χ2n) is 7.44. The van der Waals surface area contributed by atoms with Crippen LogP contribution in [-0.2, 0) is 17.6 Å². The number of benzene rings is 1. The normalized spacial score (nSPS) is 23.1. The van der Waals surface area contributed by atoms with Gasteiger partial charge in [-0.3, -0.25) is 4.99 Å². The first-order valence-electron chi connectivity index (χ1n) is 10.4. The van der Waals surface area contributed by atoms with E-state index in [2.05, 4.69) is 39.8 Å². The Hall–Kier alpha value is -1.68. The third-order valence-corrected chi connectivity index (χ3v) is 5.43. The number of aryl methyl sites for hydroxylation is 1. The van der Waals surface area contributed by atoms with E-state index in [1.807, 2.05) is 19.1 Å². The van der Waals surface area contributed by atoms with Crippen LogP contribution in [-0.4, -0.2) is 47.4 Å². The molecule has 158 valence electrons. The molecule has 2 aromatic rings. The maximum absolute atomic E-state index is 5.93. The molecule has 1 aromatic heterocycles. The Kier molecular flexibility index (Phi) is 7.88. The van der Waals surface area contributed by atoms with Gasteiger partial charge in [-0.15, -0.1) is 24.0 Å². The van der Waals surface area contributed by atoms with Gasteiger partial charge in [-0.1, -0.05) is 24.2 Å². The Balaban J connectivity index is 0.00000240. The minimum atomic E-state index is 0. The van der Waals surface area contributed by atoms with Gasteiger partial charge in [0.05, 0.1) is 18.2 Å². The number of rotatable bonds is 7. The SMILES string of the molecule is CCNC(=NCCc1ccc(-c2nc(CC)no2)cc1)NC1CC2CCC1O2.I. The van der Waals surface area contributed by atoms with Crippen LogP contribution in [0.15, 0.2) is 33.8 Å². The van der Waals surface area contributed by atoms with E-state index in [9.17, 15) is 0 Å². The number of halogens is 1. The van der Waals surface area contributed by atoms with Crippen LogP contribution < -0.4 is 10.6 Å². The molecule has 8 heteroatoms. The summed E-state index contributed by atoms with van der Waals surface area (Å²) in [6, 6.07) is 8.65. The molecule has 1 aromatic carbocycles. The third kappa shape index (κ3) is 5.48. The van der Waals surface area contributed by atoms with E-state index in [0.717, 1.165) is 56.1 Å². The largest absolute Gasteiger partial charge is 0.373 e. The molecule has 0 amide bonds. The van der Waals surface area contributed by atoms with Crippen molar-refractivity contribution in [1.29, 1.82) is 0 Å². The third-order valence-electron chi connectivity index (χ3n) is 5.43. The monoisotopic (exact) mass is 511 g/mol. The smallest absolute Gasteiger partial charge is 0.257 e. The van der Waals surface area contributed by atoms with Crippen molar-refractivity contribution in [3.63, 3.8) is 0 Å². The number of nitrogens with one attached hydrogen (secondary N) is 2. The van der Waals surface area contributed by atoms with Gasteiger partial charge in [0.1, 0.15) is 0 Å². The van der Waals surface area contributed by atoms with Crippen LogP contribution in [0.1, 0.15) is 44.5 Å². The van der Waals surface area contributed by atoms with Crippen molar-refractivity contribution in [2.24, 2.45) is 4.99 Å². The Morgan fingerprint density at radius 3 is 2.66 bits per heavy atom. The Morgan fingerprint density at radius 2 is 2.03 bits per heavy atom. The Morgan fingerprint density at radius 1 is 1.21 bits per heavy atom. The molecule has 0 spiro atoms. The number of aromatic nitrogens is 2. The van der Waals surface area contributed by atoms with Gasteiger partial charge in [0.25, 0.3) is 5.89 Å². The van der Waals surface area contributed by atoms with E-state index in [4.69, 9.17) is 14.3 Å². The lowest BCUT2D eigenvalue weighted by Crippen LogP contribution is -2.47. The number of ether oxygens (including phenoxy) is 1. The summed E-state index contributed by atoms with van der Waals surface area (Å²) in [7, 11) is 0. The molecule has 7 nitrogen and oxygen atoms in total. The number of fused-ring (bicyclic) bond motifs is 2. The van der Waals surface area contributed by atoms with Gasteiger partial charge >= 0.3 is 0 Å². The Labute approximate surface area is 189 Å². The first kappa shape index (κ1) is 22.0. The highest BCUT2D eigenvalue weighted by molar-refractivity contribution is 14.0. The fraction of sp³-hybridized carbons (Fsp3) is 0.571. The summed E-state index contributed by atoms with van der Waals surface area (Å²) in [5.41, 5.74) is 2.19. The number of nitrogens with zero attached hydrogens (tertiary/aromatic N) is 3. The van der Waals surface area contributed by atoms with E-state index in [1.165, 1.54) is 12.0 Å². The molecule has 3 heterocycles. The lowest BCUT2D eigenvalue weighted by Gasteiger charge is -2.22. The van der Waals surface area contributed by atoms with Crippen LogP contribution in [0.3, 0.4) is 0 Å². The summed E-state index contributed by atoms with van der Waals surface area (Å²) in [5.74, 6) is 2.20. The van der Waals surface area contributed by atoms with Crippen molar-refractivity contribution >= 4 is 29.9 Å². The van der Waals surface area contributed by atoms with Crippen LogP contribution >= 0.6 is 24.0 Å². The maximum Gasteiger partial charge on any atom is 0.257 e. The lowest BCUT2D eigenvalue weighted by molar-refractivity contribution is 0.0992. The van der Waals surface area contributed by atoms with Gasteiger partial charge in [0.2, 0.25) is 0 Å².